The van der Waals surface area contributed by atoms with Crippen LogP contribution in [0.2, 0.25) is 0 Å². The largest absolute Gasteiger partial charge is 0.347 e. The molecule has 18 heavy (non-hydrogen) atoms. The predicted molar refractivity (Wildman–Crippen MR) is 71.7 cm³/mol. The zero-order valence-electron chi connectivity index (χ0n) is 10.1. The first-order valence-electron chi connectivity index (χ1n) is 5.62. The molecule has 0 bridgehead atoms. The SMILES string of the molecule is C=C(C)CNC(=O)c1cc2ccccc2c(=O)[nH]1. The van der Waals surface area contributed by atoms with Gasteiger partial charge in [-0.1, -0.05) is 30.4 Å². The van der Waals surface area contributed by atoms with Crippen LogP contribution in [0.3, 0.4) is 0 Å². The lowest BCUT2D eigenvalue weighted by Gasteiger charge is -2.05. The van der Waals surface area contributed by atoms with Gasteiger partial charge in [-0.05, 0) is 24.4 Å². The zero-order valence-corrected chi connectivity index (χ0v) is 10.1. The third-order valence-electron chi connectivity index (χ3n) is 2.55. The van der Waals surface area contributed by atoms with Crippen LogP contribution in [0.5, 0.6) is 0 Å². The van der Waals surface area contributed by atoms with Gasteiger partial charge in [0.05, 0.1) is 0 Å². The van der Waals surface area contributed by atoms with E-state index in [2.05, 4.69) is 16.9 Å². The van der Waals surface area contributed by atoms with E-state index < -0.39 is 0 Å². The van der Waals surface area contributed by atoms with Crippen molar-refractivity contribution in [2.45, 2.75) is 6.92 Å². The molecule has 1 aromatic carbocycles. The van der Waals surface area contributed by atoms with Crippen molar-refractivity contribution in [1.82, 2.24) is 10.3 Å². The molecule has 2 N–H and O–H groups in total. The Balaban J connectivity index is 2.37. The Kier molecular flexibility index (Phi) is 3.28. The maximum Gasteiger partial charge on any atom is 0.268 e. The summed E-state index contributed by atoms with van der Waals surface area (Å²) in [4.78, 5) is 26.2. The zero-order chi connectivity index (χ0) is 13.1. The van der Waals surface area contributed by atoms with Crippen LogP contribution in [0.1, 0.15) is 17.4 Å². The van der Waals surface area contributed by atoms with Gasteiger partial charge in [0.15, 0.2) is 0 Å². The minimum atomic E-state index is -0.305. The molecule has 4 nitrogen and oxygen atoms in total. The maximum absolute atomic E-state index is 11.8. The van der Waals surface area contributed by atoms with Crippen molar-refractivity contribution in [2.75, 3.05) is 6.54 Å². The third kappa shape index (κ3) is 2.48. The molecule has 2 rings (SSSR count). The lowest BCUT2D eigenvalue weighted by Crippen LogP contribution is -2.27. The first kappa shape index (κ1) is 12.1. The number of fused-ring (bicyclic) bond motifs is 1. The second-order valence-corrected chi connectivity index (χ2v) is 4.24. The number of hydrogen-bond acceptors (Lipinski definition) is 2. The van der Waals surface area contributed by atoms with Gasteiger partial charge in [0.25, 0.3) is 11.5 Å². The lowest BCUT2D eigenvalue weighted by molar-refractivity contribution is 0.0952. The Bertz CT molecular complexity index is 671. The summed E-state index contributed by atoms with van der Waals surface area (Å²) >= 11 is 0. The minimum absolute atomic E-state index is 0.256. The monoisotopic (exact) mass is 242 g/mol. The van der Waals surface area contributed by atoms with Crippen LogP contribution in [0.25, 0.3) is 10.8 Å². The fourth-order valence-corrected chi connectivity index (χ4v) is 1.66. The van der Waals surface area contributed by atoms with Gasteiger partial charge in [0.1, 0.15) is 5.69 Å². The summed E-state index contributed by atoms with van der Waals surface area (Å²) in [6, 6.07) is 8.82. The molecule has 4 heteroatoms. The summed E-state index contributed by atoms with van der Waals surface area (Å²) in [5, 5.41) is 4.01. The molecule has 1 heterocycles. The second kappa shape index (κ2) is 4.87. The molecule has 0 atom stereocenters. The van der Waals surface area contributed by atoms with Crippen molar-refractivity contribution in [1.29, 1.82) is 0 Å². The predicted octanol–water partition coefficient (Wildman–Crippen LogP) is 1.83. The van der Waals surface area contributed by atoms with Crippen molar-refractivity contribution < 1.29 is 4.79 Å². The number of rotatable bonds is 3. The Morgan fingerprint density at radius 1 is 1.39 bits per heavy atom. The van der Waals surface area contributed by atoms with Crippen LogP contribution in [-0.4, -0.2) is 17.4 Å². The van der Waals surface area contributed by atoms with Gasteiger partial charge in [-0.15, -0.1) is 0 Å². The van der Waals surface area contributed by atoms with Crippen LogP contribution in [0.15, 0.2) is 47.3 Å². The molecule has 0 aliphatic carbocycles. The van der Waals surface area contributed by atoms with Gasteiger partial charge < -0.3 is 10.3 Å². The Hall–Kier alpha value is -2.36. The van der Waals surface area contributed by atoms with E-state index in [9.17, 15) is 9.59 Å². The van der Waals surface area contributed by atoms with Crippen LogP contribution < -0.4 is 10.9 Å². The lowest BCUT2D eigenvalue weighted by atomic mass is 10.1. The van der Waals surface area contributed by atoms with E-state index in [1.807, 2.05) is 13.0 Å². The summed E-state index contributed by atoms with van der Waals surface area (Å²) in [7, 11) is 0. The summed E-state index contributed by atoms with van der Waals surface area (Å²) in [5.74, 6) is -0.305. The average molecular weight is 242 g/mol. The molecule has 0 aliphatic rings. The van der Waals surface area contributed by atoms with Crippen molar-refractivity contribution >= 4 is 16.7 Å². The van der Waals surface area contributed by atoms with Crippen LogP contribution >= 0.6 is 0 Å². The number of H-pyrrole nitrogens is 1. The molecule has 92 valence electrons. The summed E-state index contributed by atoms with van der Waals surface area (Å²) in [6.07, 6.45) is 0. The smallest absolute Gasteiger partial charge is 0.268 e. The topological polar surface area (TPSA) is 62.0 Å². The number of nitrogens with one attached hydrogen (secondary N) is 2. The Morgan fingerprint density at radius 3 is 2.83 bits per heavy atom. The Labute approximate surface area is 104 Å². The van der Waals surface area contributed by atoms with Crippen LogP contribution in [-0.2, 0) is 0 Å². The quantitative estimate of drug-likeness (QED) is 0.807. The van der Waals surface area contributed by atoms with Crippen molar-refractivity contribution in [3.8, 4) is 0 Å². The fourth-order valence-electron chi connectivity index (χ4n) is 1.66. The number of hydrogen-bond donors (Lipinski definition) is 2. The van der Waals surface area contributed by atoms with Gasteiger partial charge in [-0.2, -0.15) is 0 Å². The van der Waals surface area contributed by atoms with E-state index >= 15 is 0 Å². The highest BCUT2D eigenvalue weighted by Gasteiger charge is 2.08. The normalized spacial score (nSPS) is 10.3. The van der Waals surface area contributed by atoms with Gasteiger partial charge in [-0.25, -0.2) is 0 Å². The molecule has 0 fully saturated rings. The van der Waals surface area contributed by atoms with Gasteiger partial charge in [-0.3, -0.25) is 9.59 Å². The number of aromatic amines is 1. The van der Waals surface area contributed by atoms with Gasteiger partial charge in [0, 0.05) is 11.9 Å². The molecule has 0 saturated heterocycles. The van der Waals surface area contributed by atoms with Crippen LogP contribution in [0, 0.1) is 0 Å². The molecule has 1 amide bonds. The second-order valence-electron chi connectivity index (χ2n) is 4.24. The molecule has 0 radical (unpaired) electrons. The standard InChI is InChI=1S/C14H14N2O2/c1-9(2)8-15-14(18)12-7-10-5-3-4-6-11(10)13(17)16-12/h3-7H,1,8H2,2H3,(H,15,18)(H,16,17). The minimum Gasteiger partial charge on any atom is -0.347 e. The number of amides is 1. The highest BCUT2D eigenvalue weighted by molar-refractivity contribution is 5.96. The molecule has 2 aromatic rings. The van der Waals surface area contributed by atoms with E-state index in [4.69, 9.17) is 0 Å². The Morgan fingerprint density at radius 2 is 2.11 bits per heavy atom. The molecule has 0 saturated carbocycles. The van der Waals surface area contributed by atoms with Gasteiger partial charge in [0.2, 0.25) is 0 Å². The first-order chi connectivity index (χ1) is 8.58. The van der Waals surface area contributed by atoms with E-state index in [1.54, 1.807) is 24.3 Å². The highest BCUT2D eigenvalue weighted by atomic mass is 16.2. The highest BCUT2D eigenvalue weighted by Crippen LogP contribution is 2.09. The summed E-state index contributed by atoms with van der Waals surface area (Å²) in [6.45, 7) is 5.92. The fraction of sp³-hybridized carbons (Fsp3) is 0.143. The van der Waals surface area contributed by atoms with E-state index in [1.165, 1.54) is 0 Å². The molecular weight excluding hydrogens is 228 g/mol. The number of carbonyl (C=O) groups excluding carboxylic acids is 1. The molecule has 0 unspecified atom stereocenters. The summed E-state index contributed by atoms with van der Waals surface area (Å²) < 4.78 is 0. The van der Waals surface area contributed by atoms with Crippen molar-refractivity contribution in [2.24, 2.45) is 0 Å². The molecule has 0 aliphatic heterocycles. The third-order valence-corrected chi connectivity index (χ3v) is 2.55. The average Bonchev–Trinajstić information content (AvgIpc) is 2.36. The van der Waals surface area contributed by atoms with Gasteiger partial charge >= 0.3 is 0 Å². The van der Waals surface area contributed by atoms with Crippen molar-refractivity contribution in [3.05, 3.63) is 58.5 Å². The maximum atomic E-state index is 11.8. The molecule has 0 spiro atoms. The number of benzene rings is 1. The number of aromatic nitrogens is 1. The van der Waals surface area contributed by atoms with E-state index in [0.29, 0.717) is 11.9 Å². The van der Waals surface area contributed by atoms with Crippen LogP contribution in [0.4, 0.5) is 0 Å². The summed E-state index contributed by atoms with van der Waals surface area (Å²) in [5.41, 5.74) is 0.861. The molecule has 1 aromatic heterocycles. The number of pyridine rings is 1. The van der Waals surface area contributed by atoms with Crippen molar-refractivity contribution in [3.63, 3.8) is 0 Å². The van der Waals surface area contributed by atoms with E-state index in [0.717, 1.165) is 11.0 Å². The number of carbonyl (C=O) groups is 1. The molecular formula is C14H14N2O2. The first-order valence-corrected chi connectivity index (χ1v) is 5.62. The van der Waals surface area contributed by atoms with E-state index in [-0.39, 0.29) is 17.2 Å².